The van der Waals surface area contributed by atoms with Gasteiger partial charge in [0.15, 0.2) is 0 Å². The third-order valence-electron chi connectivity index (χ3n) is 3.32. The molecule has 0 saturated carbocycles. The van der Waals surface area contributed by atoms with Crippen molar-refractivity contribution in [2.45, 2.75) is 13.0 Å². The van der Waals surface area contributed by atoms with E-state index in [-0.39, 0.29) is 5.56 Å². The van der Waals surface area contributed by atoms with Gasteiger partial charge in [-0.15, -0.1) is 0 Å². The molecule has 2 aromatic carbocycles. The number of fused-ring (bicyclic) bond motifs is 1. The minimum absolute atomic E-state index is 0.245. The van der Waals surface area contributed by atoms with Gasteiger partial charge in [-0.3, -0.25) is 0 Å². The van der Waals surface area contributed by atoms with Crippen LogP contribution < -0.4 is 4.74 Å². The van der Waals surface area contributed by atoms with Gasteiger partial charge in [0.2, 0.25) is 0 Å². The first-order valence-electron chi connectivity index (χ1n) is 9.20. The molecular weight excluding hydrogens is 272 g/mol. The van der Waals surface area contributed by atoms with Crippen LogP contribution in [-0.2, 0) is 13.0 Å². The minimum Gasteiger partial charge on any atom is -0.488 e. The van der Waals surface area contributed by atoms with Crippen molar-refractivity contribution >= 4 is 10.9 Å². The molecule has 0 aliphatic heterocycles. The smallest absolute Gasteiger partial charge is 0.129 e. The Balaban J connectivity index is 2.03. The van der Waals surface area contributed by atoms with E-state index in [4.69, 9.17) is 10.2 Å². The lowest BCUT2D eigenvalue weighted by atomic mass is 10.1. The second-order valence-electron chi connectivity index (χ2n) is 5.29. The van der Waals surface area contributed by atoms with E-state index in [9.17, 15) is 0 Å². The van der Waals surface area contributed by atoms with Crippen LogP contribution in [0.1, 0.15) is 16.6 Å². The molecule has 1 aromatic heterocycles. The molecule has 3 aromatic rings. The number of hydrogen-bond donors (Lipinski definition) is 1. The molecule has 22 heavy (non-hydrogen) atoms. The fraction of sp³-hybridized carbons (Fsp3) is 0.263. The highest BCUT2D eigenvalue weighted by atomic mass is 16.5. The Morgan fingerprint density at radius 3 is 2.68 bits per heavy atom. The molecule has 3 heteroatoms. The maximum Gasteiger partial charge on any atom is 0.129 e. The summed E-state index contributed by atoms with van der Waals surface area (Å²) in [5.74, 6) is 0.529. The number of ether oxygens (including phenoxy) is 1. The Morgan fingerprint density at radius 2 is 1.91 bits per heavy atom. The average Bonchev–Trinajstić information content (AvgIpc) is 3.06. The predicted molar refractivity (Wildman–Crippen MR) is 91.3 cm³/mol. The van der Waals surface area contributed by atoms with Crippen LogP contribution >= 0.6 is 0 Å². The molecule has 1 N–H and O–H groups in total. The van der Waals surface area contributed by atoms with Crippen LogP contribution in [0.3, 0.4) is 0 Å². The van der Waals surface area contributed by atoms with Crippen molar-refractivity contribution in [2.75, 3.05) is 20.6 Å². The first-order chi connectivity index (χ1) is 12.2. The Hall–Kier alpha value is -2.26. The lowest BCUT2D eigenvalue weighted by Gasteiger charge is -2.11. The van der Waals surface area contributed by atoms with E-state index in [1.54, 1.807) is 6.07 Å². The predicted octanol–water partition coefficient (Wildman–Crippen LogP) is 3.85. The largest absolute Gasteiger partial charge is 0.488 e. The summed E-state index contributed by atoms with van der Waals surface area (Å²) < 4.78 is 39.3. The van der Waals surface area contributed by atoms with Gasteiger partial charge >= 0.3 is 0 Å². The quantitative estimate of drug-likeness (QED) is 0.748. The number of benzene rings is 2. The van der Waals surface area contributed by atoms with Crippen LogP contribution in [0.4, 0.5) is 0 Å². The number of hydrogen-bond acceptors (Lipinski definition) is 2. The van der Waals surface area contributed by atoms with E-state index in [1.165, 1.54) is 25.2 Å². The summed E-state index contributed by atoms with van der Waals surface area (Å²) in [5.41, 5.74) is 1.96. The molecule has 3 nitrogen and oxygen atoms in total. The topological polar surface area (TPSA) is 28.3 Å². The van der Waals surface area contributed by atoms with E-state index in [1.807, 2.05) is 42.5 Å². The molecule has 114 valence electrons. The third-order valence-corrected chi connectivity index (χ3v) is 3.32. The summed E-state index contributed by atoms with van der Waals surface area (Å²) in [7, 11) is 3.05. The molecule has 0 atom stereocenters. The van der Waals surface area contributed by atoms with Gasteiger partial charge < -0.3 is 14.6 Å². The lowest BCUT2D eigenvalue weighted by molar-refractivity contribution is 0.310. The van der Waals surface area contributed by atoms with Crippen molar-refractivity contribution in [3.8, 4) is 5.75 Å². The molecule has 3 rings (SSSR count). The highest BCUT2D eigenvalue weighted by Gasteiger charge is 2.10. The molecule has 0 aliphatic rings. The van der Waals surface area contributed by atoms with Crippen LogP contribution in [0.2, 0.25) is 0 Å². The number of aryl methyl sites for hydroxylation is 1. The second-order valence-corrected chi connectivity index (χ2v) is 5.29. The van der Waals surface area contributed by atoms with Crippen molar-refractivity contribution in [3.05, 3.63) is 65.9 Å². The van der Waals surface area contributed by atoms with Crippen LogP contribution in [0.25, 0.3) is 10.9 Å². The summed E-state index contributed by atoms with van der Waals surface area (Å²) in [5, 5.41) is 0.569. The second kappa shape index (κ2) is 6.67. The maximum atomic E-state index is 8.47. The molecule has 0 saturated heterocycles. The number of aromatic nitrogens is 1. The minimum atomic E-state index is -2.24. The summed E-state index contributed by atoms with van der Waals surface area (Å²) >= 11 is 0. The summed E-state index contributed by atoms with van der Waals surface area (Å²) in [6, 6.07) is 15.2. The summed E-state index contributed by atoms with van der Waals surface area (Å²) in [6.07, 6.45) is -0.706. The third kappa shape index (κ3) is 3.31. The zero-order chi connectivity index (χ0) is 18.9. The van der Waals surface area contributed by atoms with Gasteiger partial charge in [-0.2, -0.15) is 0 Å². The van der Waals surface area contributed by atoms with E-state index >= 15 is 0 Å². The molecule has 0 spiro atoms. The van der Waals surface area contributed by atoms with Crippen molar-refractivity contribution in [1.29, 1.82) is 0 Å². The van der Waals surface area contributed by atoms with Crippen molar-refractivity contribution in [3.63, 3.8) is 0 Å². The zero-order valence-corrected chi connectivity index (χ0v) is 12.8. The Bertz CT molecular complexity index is 891. The number of nitrogens with zero attached hydrogens (tertiary/aromatic N) is 1. The van der Waals surface area contributed by atoms with E-state index in [2.05, 4.69) is 4.98 Å². The van der Waals surface area contributed by atoms with Crippen molar-refractivity contribution < 1.29 is 10.2 Å². The molecule has 0 bridgehead atoms. The summed E-state index contributed by atoms with van der Waals surface area (Å²) in [6.45, 7) is -1.83. The number of H-pyrrole nitrogens is 1. The van der Waals surface area contributed by atoms with Gasteiger partial charge in [-0.25, -0.2) is 0 Å². The van der Waals surface area contributed by atoms with Crippen LogP contribution in [0.15, 0.2) is 54.7 Å². The lowest BCUT2D eigenvalue weighted by Crippen LogP contribution is -2.14. The molecule has 0 radical (unpaired) electrons. The van der Waals surface area contributed by atoms with Crippen LogP contribution in [0.5, 0.6) is 5.75 Å². The molecule has 0 fully saturated rings. The molecule has 0 amide bonds. The number of rotatable bonds is 6. The number of likely N-dealkylation sites (N-methyl/N-ethyl adjacent to an activating group) is 1. The first-order valence-corrected chi connectivity index (χ1v) is 7.20. The fourth-order valence-corrected chi connectivity index (χ4v) is 2.28. The van der Waals surface area contributed by atoms with Crippen LogP contribution in [0, 0.1) is 0 Å². The maximum absolute atomic E-state index is 8.47. The molecule has 0 unspecified atom stereocenters. The highest BCUT2D eigenvalue weighted by Crippen LogP contribution is 2.29. The fourth-order valence-electron chi connectivity index (χ4n) is 2.28. The van der Waals surface area contributed by atoms with Gasteiger partial charge in [0.25, 0.3) is 0 Å². The number of aromatic amines is 1. The Morgan fingerprint density at radius 1 is 1.09 bits per heavy atom. The van der Waals surface area contributed by atoms with Crippen LogP contribution in [-0.4, -0.2) is 30.5 Å². The highest BCUT2D eigenvalue weighted by molar-refractivity contribution is 5.89. The standard InChI is InChI=1S/C19H22N2O/c1-21(2)12-11-16-13-20-17-9-6-10-18(19(16)17)22-14-15-7-4-3-5-8-15/h3-10,13,20H,11-12,14H2,1-2H3/i11D2,12D2. The molecule has 1 heterocycles. The van der Waals surface area contributed by atoms with E-state index in [0.29, 0.717) is 23.3 Å². The summed E-state index contributed by atoms with van der Waals surface area (Å²) in [4.78, 5) is 4.29. The molecule has 0 aliphatic carbocycles. The average molecular weight is 298 g/mol. The van der Waals surface area contributed by atoms with Crippen molar-refractivity contribution in [2.24, 2.45) is 0 Å². The first kappa shape index (κ1) is 10.5. The van der Waals surface area contributed by atoms with Gasteiger partial charge in [-0.05, 0) is 43.7 Å². The van der Waals surface area contributed by atoms with Gasteiger partial charge in [0.05, 0.1) is 0 Å². The molecular formula is C19H22N2O. The van der Waals surface area contributed by atoms with Crippen molar-refractivity contribution in [1.82, 2.24) is 9.88 Å². The van der Waals surface area contributed by atoms with E-state index in [0.717, 1.165) is 5.56 Å². The Kier molecular flexibility index (Phi) is 3.17. The number of nitrogens with one attached hydrogen (secondary N) is 1. The monoisotopic (exact) mass is 298 g/mol. The van der Waals surface area contributed by atoms with Gasteiger partial charge in [0.1, 0.15) is 12.4 Å². The van der Waals surface area contributed by atoms with Gasteiger partial charge in [-0.1, -0.05) is 36.4 Å². The normalized spacial score (nSPS) is 15.2. The van der Waals surface area contributed by atoms with Gasteiger partial charge in [0, 0.05) is 29.1 Å². The SMILES string of the molecule is [2H]C([2H])(c1c[nH]c2cccc(OCc3ccccc3)c12)C([2H])([2H])N(C)C. The van der Waals surface area contributed by atoms with E-state index < -0.39 is 12.9 Å². The Labute approximate surface area is 137 Å². The zero-order valence-electron chi connectivity index (χ0n) is 16.8.